The summed E-state index contributed by atoms with van der Waals surface area (Å²) in [5.74, 6) is 3.28. The number of hydrogen-bond acceptors (Lipinski definition) is 6. The summed E-state index contributed by atoms with van der Waals surface area (Å²) < 4.78 is 0. The van der Waals surface area contributed by atoms with Crippen LogP contribution < -0.4 is 10.6 Å². The maximum atomic E-state index is 4.75. The van der Waals surface area contributed by atoms with Crippen LogP contribution in [0.25, 0.3) is 0 Å². The molecular weight excluding hydrogens is 282 g/mol. The molecule has 0 amide bonds. The Morgan fingerprint density at radius 2 is 1.95 bits per heavy atom. The van der Waals surface area contributed by atoms with Crippen LogP contribution in [0.3, 0.4) is 0 Å². The third-order valence-corrected chi connectivity index (χ3v) is 4.84. The second kappa shape index (κ2) is 5.26. The number of rotatable bonds is 5. The van der Waals surface area contributed by atoms with E-state index in [1.807, 2.05) is 25.5 Å². The van der Waals surface area contributed by atoms with Crippen LogP contribution in [0.2, 0.25) is 0 Å². The van der Waals surface area contributed by atoms with Crippen molar-refractivity contribution >= 4 is 23.0 Å². The zero-order valence-electron chi connectivity index (χ0n) is 12.9. The third kappa shape index (κ3) is 2.85. The Bertz CT molecular complexity index is 632. The van der Waals surface area contributed by atoms with E-state index in [1.165, 1.54) is 12.8 Å². The largest absolute Gasteiger partial charge is 0.373 e. The average Bonchev–Trinajstić information content (AvgIpc) is 3.14. The van der Waals surface area contributed by atoms with Gasteiger partial charge < -0.3 is 10.6 Å². The van der Waals surface area contributed by atoms with Crippen LogP contribution in [-0.4, -0.2) is 22.0 Å². The van der Waals surface area contributed by atoms with Crippen LogP contribution in [0.15, 0.2) is 11.6 Å². The first-order chi connectivity index (χ1) is 10.0. The van der Waals surface area contributed by atoms with Gasteiger partial charge in [0.05, 0.1) is 5.54 Å². The minimum Gasteiger partial charge on any atom is -0.373 e. The molecule has 3 rings (SSSR count). The topological polar surface area (TPSA) is 62.7 Å². The van der Waals surface area contributed by atoms with Gasteiger partial charge in [0.15, 0.2) is 0 Å². The molecule has 0 aromatic carbocycles. The maximum absolute atomic E-state index is 4.75. The van der Waals surface area contributed by atoms with Gasteiger partial charge in [-0.25, -0.2) is 15.0 Å². The lowest BCUT2D eigenvalue weighted by atomic mass is 10.1. The fraction of sp³-hybridized carbons (Fsp3) is 0.533. The first kappa shape index (κ1) is 14.3. The molecule has 0 unspecified atom stereocenters. The zero-order valence-corrected chi connectivity index (χ0v) is 13.7. The summed E-state index contributed by atoms with van der Waals surface area (Å²) in [6.07, 6.45) is 4.23. The molecular formula is C15H21N5S. The normalized spacial score (nSPS) is 15.0. The summed E-state index contributed by atoms with van der Waals surface area (Å²) in [5, 5.41) is 9.77. The molecule has 2 aromatic rings. The van der Waals surface area contributed by atoms with E-state index in [2.05, 4.69) is 34.4 Å². The van der Waals surface area contributed by atoms with Crippen molar-refractivity contribution in [1.82, 2.24) is 15.0 Å². The number of thiazole rings is 1. The molecule has 0 saturated heterocycles. The van der Waals surface area contributed by atoms with E-state index < -0.39 is 0 Å². The van der Waals surface area contributed by atoms with Crippen molar-refractivity contribution in [2.45, 2.75) is 45.1 Å². The smallest absolute Gasteiger partial charge is 0.136 e. The van der Waals surface area contributed by atoms with Gasteiger partial charge in [-0.05, 0) is 33.6 Å². The standard InChI is InChI=1S/C15H21N5S/c1-9-11(16-4)18-13(10-5-6-10)19-12(9)20-15(2,3)14-17-7-8-21-14/h7-8,10H,5-6H2,1-4H3,(H2,16,18,19,20). The molecule has 0 radical (unpaired) electrons. The molecule has 5 nitrogen and oxygen atoms in total. The number of hydrogen-bond donors (Lipinski definition) is 2. The van der Waals surface area contributed by atoms with Crippen molar-refractivity contribution in [2.75, 3.05) is 17.7 Å². The highest BCUT2D eigenvalue weighted by atomic mass is 32.1. The first-order valence-corrected chi connectivity index (χ1v) is 8.13. The van der Waals surface area contributed by atoms with Crippen LogP contribution in [0, 0.1) is 6.92 Å². The summed E-state index contributed by atoms with van der Waals surface area (Å²) in [6.45, 7) is 6.30. The monoisotopic (exact) mass is 303 g/mol. The van der Waals surface area contributed by atoms with E-state index in [1.54, 1.807) is 11.3 Å². The molecule has 1 aliphatic carbocycles. The zero-order chi connectivity index (χ0) is 15.0. The lowest BCUT2D eigenvalue weighted by Crippen LogP contribution is -2.29. The molecule has 1 saturated carbocycles. The second-order valence-electron chi connectivity index (χ2n) is 6.02. The van der Waals surface area contributed by atoms with Crippen molar-refractivity contribution in [3.8, 4) is 0 Å². The van der Waals surface area contributed by atoms with E-state index in [0.717, 1.165) is 28.0 Å². The Kier molecular flexibility index (Phi) is 3.57. The quantitative estimate of drug-likeness (QED) is 0.885. The van der Waals surface area contributed by atoms with Gasteiger partial charge in [-0.2, -0.15) is 0 Å². The van der Waals surface area contributed by atoms with E-state index in [0.29, 0.717) is 5.92 Å². The SMILES string of the molecule is CNc1nc(C2CC2)nc(NC(C)(C)c2nccs2)c1C. The van der Waals surface area contributed by atoms with Crippen LogP contribution in [0.1, 0.15) is 49.0 Å². The van der Waals surface area contributed by atoms with Gasteiger partial charge in [0, 0.05) is 30.1 Å². The van der Waals surface area contributed by atoms with E-state index >= 15 is 0 Å². The average molecular weight is 303 g/mol. The maximum Gasteiger partial charge on any atom is 0.136 e. The van der Waals surface area contributed by atoms with E-state index in [9.17, 15) is 0 Å². The molecule has 21 heavy (non-hydrogen) atoms. The number of nitrogens with one attached hydrogen (secondary N) is 2. The Balaban J connectivity index is 1.95. The molecule has 0 spiro atoms. The molecule has 1 fully saturated rings. The molecule has 2 heterocycles. The molecule has 2 aromatic heterocycles. The summed E-state index contributed by atoms with van der Waals surface area (Å²) in [6, 6.07) is 0. The Morgan fingerprint density at radius 1 is 1.24 bits per heavy atom. The highest BCUT2D eigenvalue weighted by Crippen LogP contribution is 2.40. The van der Waals surface area contributed by atoms with Gasteiger partial charge in [0.2, 0.25) is 0 Å². The molecule has 0 atom stereocenters. The van der Waals surface area contributed by atoms with Crippen LogP contribution in [-0.2, 0) is 5.54 Å². The van der Waals surface area contributed by atoms with E-state index in [-0.39, 0.29) is 5.54 Å². The predicted molar refractivity (Wildman–Crippen MR) is 87.1 cm³/mol. The van der Waals surface area contributed by atoms with Crippen LogP contribution in [0.5, 0.6) is 0 Å². The van der Waals surface area contributed by atoms with Gasteiger partial charge >= 0.3 is 0 Å². The molecule has 0 bridgehead atoms. The molecule has 112 valence electrons. The van der Waals surface area contributed by atoms with Gasteiger partial charge in [-0.15, -0.1) is 11.3 Å². The summed E-state index contributed by atoms with van der Waals surface area (Å²) in [4.78, 5) is 13.8. The van der Waals surface area contributed by atoms with E-state index in [4.69, 9.17) is 4.98 Å². The fourth-order valence-corrected chi connectivity index (χ4v) is 3.02. The second-order valence-corrected chi connectivity index (χ2v) is 6.91. The van der Waals surface area contributed by atoms with Gasteiger partial charge in [-0.1, -0.05) is 0 Å². The third-order valence-electron chi connectivity index (χ3n) is 3.74. The minimum absolute atomic E-state index is 0.251. The van der Waals surface area contributed by atoms with Crippen molar-refractivity contribution < 1.29 is 0 Å². The van der Waals surface area contributed by atoms with Crippen molar-refractivity contribution in [3.63, 3.8) is 0 Å². The van der Waals surface area contributed by atoms with Gasteiger partial charge in [0.25, 0.3) is 0 Å². The van der Waals surface area contributed by atoms with Gasteiger partial charge in [0.1, 0.15) is 22.5 Å². The van der Waals surface area contributed by atoms with Crippen molar-refractivity contribution in [2.24, 2.45) is 0 Å². The number of aromatic nitrogens is 3. The van der Waals surface area contributed by atoms with Gasteiger partial charge in [-0.3, -0.25) is 0 Å². The summed E-state index contributed by atoms with van der Waals surface area (Å²) >= 11 is 1.66. The highest BCUT2D eigenvalue weighted by Gasteiger charge is 2.30. The minimum atomic E-state index is -0.251. The fourth-order valence-electron chi connectivity index (χ4n) is 2.30. The van der Waals surface area contributed by atoms with Crippen molar-refractivity contribution in [1.29, 1.82) is 0 Å². The van der Waals surface area contributed by atoms with Crippen LogP contribution >= 0.6 is 11.3 Å². The number of nitrogens with zero attached hydrogens (tertiary/aromatic N) is 3. The highest BCUT2D eigenvalue weighted by molar-refractivity contribution is 7.09. The first-order valence-electron chi connectivity index (χ1n) is 7.25. The Labute approximate surface area is 129 Å². The summed E-state index contributed by atoms with van der Waals surface area (Å²) in [7, 11) is 1.90. The Morgan fingerprint density at radius 3 is 2.52 bits per heavy atom. The number of anilines is 2. The molecule has 6 heteroatoms. The molecule has 1 aliphatic rings. The lowest BCUT2D eigenvalue weighted by molar-refractivity contribution is 0.599. The summed E-state index contributed by atoms with van der Waals surface area (Å²) in [5.41, 5.74) is 0.797. The predicted octanol–water partition coefficient (Wildman–Crippen LogP) is 3.51. The molecule has 0 aliphatic heterocycles. The van der Waals surface area contributed by atoms with Crippen LogP contribution in [0.4, 0.5) is 11.6 Å². The molecule has 2 N–H and O–H groups in total. The lowest BCUT2D eigenvalue weighted by Gasteiger charge is -2.26. The Hall–Kier alpha value is -1.69. The van der Waals surface area contributed by atoms with Crippen molar-refractivity contribution in [3.05, 3.63) is 28.0 Å².